The summed E-state index contributed by atoms with van der Waals surface area (Å²) in [4.78, 5) is 11.8. The zero-order valence-corrected chi connectivity index (χ0v) is 33.3. The lowest BCUT2D eigenvalue weighted by Crippen LogP contribution is -2.62. The zero-order valence-electron chi connectivity index (χ0n) is 32.5. The molecule has 4 heteroatoms. The monoisotopic (exact) mass is 773 g/mol. The molecule has 0 radical (unpaired) electrons. The molecule has 280 valence electrons. The Morgan fingerprint density at radius 1 is 0.559 bits per heavy atom. The molecule has 4 saturated carbocycles. The van der Waals surface area contributed by atoms with E-state index in [1.165, 1.54) is 85.9 Å². The van der Waals surface area contributed by atoms with Gasteiger partial charge in [0.15, 0.2) is 5.82 Å². The number of fused-ring (bicyclic) bond motifs is 17. The van der Waals surface area contributed by atoms with Crippen LogP contribution in [0.1, 0.15) is 43.2 Å². The lowest BCUT2D eigenvalue weighted by atomic mass is 9.38. The van der Waals surface area contributed by atoms with Crippen LogP contribution in [0, 0.1) is 29.1 Å². The summed E-state index contributed by atoms with van der Waals surface area (Å²) in [7, 11) is 0. The van der Waals surface area contributed by atoms with Crippen molar-refractivity contribution in [2.75, 3.05) is 0 Å². The van der Waals surface area contributed by atoms with E-state index in [1.54, 1.807) is 22.5 Å². The van der Waals surface area contributed by atoms with Crippen molar-refractivity contribution >= 4 is 64.2 Å². The number of benzene rings is 7. The molecule has 3 nitrogen and oxygen atoms in total. The molecule has 2 spiro atoms. The average Bonchev–Trinajstić information content (AvgIpc) is 4.03. The van der Waals surface area contributed by atoms with Crippen molar-refractivity contribution in [1.29, 1.82) is 0 Å². The van der Waals surface area contributed by atoms with Gasteiger partial charge in [0.05, 0.1) is 16.7 Å². The van der Waals surface area contributed by atoms with Crippen LogP contribution in [0.15, 0.2) is 152 Å². The van der Waals surface area contributed by atoms with E-state index in [9.17, 15) is 0 Å². The molecular formula is C55H39N3S. The van der Waals surface area contributed by atoms with Gasteiger partial charge in [0, 0.05) is 48.5 Å². The fourth-order valence-corrected chi connectivity index (χ4v) is 15.6. The summed E-state index contributed by atoms with van der Waals surface area (Å²) in [5.41, 5.74) is 13.7. The van der Waals surface area contributed by atoms with Crippen LogP contribution in [0.25, 0.3) is 92.3 Å². The minimum atomic E-state index is 0.0866. The first-order valence-corrected chi connectivity index (χ1v) is 22.4. The van der Waals surface area contributed by atoms with Gasteiger partial charge in [-0.15, -0.1) is 11.3 Å². The van der Waals surface area contributed by atoms with E-state index in [4.69, 9.17) is 9.97 Å². The highest BCUT2D eigenvalue weighted by Crippen LogP contribution is 2.85. The number of hydrogen-bond donors (Lipinski definition) is 0. The van der Waals surface area contributed by atoms with Gasteiger partial charge in [0.1, 0.15) is 4.83 Å². The molecule has 3 aromatic heterocycles. The first kappa shape index (κ1) is 31.8. The number of nitrogens with zero attached hydrogens (tertiary/aromatic N) is 3. The molecule has 59 heavy (non-hydrogen) atoms. The Balaban J connectivity index is 1.00. The van der Waals surface area contributed by atoms with Crippen LogP contribution >= 0.6 is 11.3 Å². The molecule has 0 aliphatic heterocycles. The molecule has 15 rings (SSSR count). The minimum absolute atomic E-state index is 0.0866. The third kappa shape index (κ3) is 3.82. The van der Waals surface area contributed by atoms with E-state index in [0.29, 0.717) is 5.41 Å². The second-order valence-corrected chi connectivity index (χ2v) is 19.7. The van der Waals surface area contributed by atoms with Gasteiger partial charge in [-0.05, 0) is 131 Å². The topological polar surface area (TPSA) is 30.7 Å². The van der Waals surface area contributed by atoms with E-state index in [-0.39, 0.29) is 5.41 Å². The second kappa shape index (κ2) is 10.9. The van der Waals surface area contributed by atoms with Gasteiger partial charge in [0.25, 0.3) is 0 Å². The normalized spacial score (nSPS) is 25.8. The standard InChI is InChI=1S/C55H39N3S/c1-2-11-33(12-3-1)51-49-40-18-7-9-20-45(40)59-53(49)57-52(56-51)36-15-10-16-37(26-36)58-43-22-21-39-38-17-6-8-19-42(38)55(46-24-31-23-32-25-47(55)54(46,29-31)30-32)50(39)48(43)41-27-34-13-4-5-14-35(34)28-44(41)58/h1-22,26-28,31-32,46-47H,23-25,29-30H2. The van der Waals surface area contributed by atoms with Crippen LogP contribution in [-0.2, 0) is 5.41 Å². The van der Waals surface area contributed by atoms with Gasteiger partial charge >= 0.3 is 0 Å². The molecule has 10 aromatic rings. The average molecular weight is 774 g/mol. The number of rotatable bonds is 3. The maximum absolute atomic E-state index is 5.42. The first-order valence-electron chi connectivity index (χ1n) is 21.6. The van der Waals surface area contributed by atoms with Crippen molar-refractivity contribution in [3.63, 3.8) is 0 Å². The SMILES string of the molecule is c1ccc(-c2nc(-c3cccc(-n4c5cc6ccccc6cc5c5c6c(ccc54)-c4ccccc4C64C5CC6CC7CC4C5(C6)C7)c3)nc3sc4ccccc4c23)cc1. The number of aromatic nitrogens is 3. The Morgan fingerprint density at radius 2 is 1.31 bits per heavy atom. The lowest BCUT2D eigenvalue weighted by molar-refractivity contribution is -0.0812. The van der Waals surface area contributed by atoms with Crippen molar-refractivity contribution < 1.29 is 0 Å². The predicted molar refractivity (Wildman–Crippen MR) is 243 cm³/mol. The van der Waals surface area contributed by atoms with E-state index < -0.39 is 0 Å². The van der Waals surface area contributed by atoms with Crippen molar-refractivity contribution in [2.24, 2.45) is 29.1 Å². The molecular weight excluding hydrogens is 735 g/mol. The highest BCUT2D eigenvalue weighted by atomic mass is 32.1. The smallest absolute Gasteiger partial charge is 0.161 e. The van der Waals surface area contributed by atoms with Crippen LogP contribution in [0.3, 0.4) is 0 Å². The zero-order chi connectivity index (χ0) is 38.2. The fourth-order valence-electron chi connectivity index (χ4n) is 14.5. The third-order valence-electron chi connectivity index (χ3n) is 16.2. The van der Waals surface area contributed by atoms with E-state index >= 15 is 0 Å². The molecule has 0 N–H and O–H groups in total. The van der Waals surface area contributed by atoms with E-state index in [1.807, 2.05) is 0 Å². The molecule has 0 saturated heterocycles. The van der Waals surface area contributed by atoms with E-state index in [0.717, 1.165) is 62.2 Å². The van der Waals surface area contributed by atoms with Gasteiger partial charge in [-0.1, -0.05) is 115 Å². The van der Waals surface area contributed by atoms with Crippen molar-refractivity contribution in [3.05, 3.63) is 163 Å². The second-order valence-electron chi connectivity index (χ2n) is 18.6. The summed E-state index contributed by atoms with van der Waals surface area (Å²) in [5, 5.41) is 7.78. The summed E-state index contributed by atoms with van der Waals surface area (Å²) >= 11 is 1.76. The Hall–Kier alpha value is -6.10. The van der Waals surface area contributed by atoms with E-state index in [2.05, 4.69) is 156 Å². The van der Waals surface area contributed by atoms with Crippen molar-refractivity contribution in [2.45, 2.75) is 37.5 Å². The molecule has 3 heterocycles. The van der Waals surface area contributed by atoms with Crippen molar-refractivity contribution in [1.82, 2.24) is 14.5 Å². The Bertz CT molecular complexity index is 3460. The van der Waals surface area contributed by atoms with Gasteiger partial charge in [-0.3, -0.25) is 0 Å². The maximum atomic E-state index is 5.42. The number of thiophene rings is 1. The minimum Gasteiger partial charge on any atom is -0.309 e. The summed E-state index contributed by atoms with van der Waals surface area (Å²) in [6.07, 6.45) is 7.20. The van der Waals surface area contributed by atoms with Crippen LogP contribution in [-0.4, -0.2) is 14.5 Å². The lowest BCUT2D eigenvalue weighted by Gasteiger charge is -2.64. The first-order chi connectivity index (χ1) is 29.2. The Labute approximate surface area is 346 Å². The van der Waals surface area contributed by atoms with Gasteiger partial charge in [0.2, 0.25) is 0 Å². The molecule has 4 fully saturated rings. The molecule has 0 amide bonds. The van der Waals surface area contributed by atoms with Gasteiger partial charge in [-0.25, -0.2) is 9.97 Å². The third-order valence-corrected chi connectivity index (χ3v) is 17.2. The maximum Gasteiger partial charge on any atom is 0.161 e. The summed E-state index contributed by atoms with van der Waals surface area (Å²) in [5.74, 6) is 4.03. The predicted octanol–water partition coefficient (Wildman–Crippen LogP) is 14.2. The molecule has 3 bridgehead atoms. The summed E-state index contributed by atoms with van der Waals surface area (Å²) < 4.78 is 3.81. The van der Waals surface area contributed by atoms with Crippen LogP contribution in [0.5, 0.6) is 0 Å². The largest absolute Gasteiger partial charge is 0.309 e. The Kier molecular flexibility index (Phi) is 5.90. The van der Waals surface area contributed by atoms with Gasteiger partial charge < -0.3 is 4.57 Å². The van der Waals surface area contributed by atoms with Crippen LogP contribution < -0.4 is 0 Å². The van der Waals surface area contributed by atoms with Crippen LogP contribution in [0.4, 0.5) is 0 Å². The fraction of sp³-hybridized carbons (Fsp3) is 0.200. The number of hydrogen-bond acceptors (Lipinski definition) is 3. The summed E-state index contributed by atoms with van der Waals surface area (Å²) in [6, 6.07) is 56.8. The Morgan fingerprint density at radius 3 is 2.17 bits per heavy atom. The molecule has 4 unspecified atom stereocenters. The highest BCUT2D eigenvalue weighted by molar-refractivity contribution is 7.25. The van der Waals surface area contributed by atoms with Gasteiger partial charge in [-0.2, -0.15) is 0 Å². The highest BCUT2D eigenvalue weighted by Gasteiger charge is 2.79. The summed E-state index contributed by atoms with van der Waals surface area (Å²) in [6.45, 7) is 0. The molecule has 5 aliphatic rings. The molecule has 7 aromatic carbocycles. The quantitative estimate of drug-likeness (QED) is 0.179. The molecule has 5 aliphatic carbocycles. The van der Waals surface area contributed by atoms with Crippen molar-refractivity contribution in [3.8, 4) is 39.5 Å². The molecule has 4 atom stereocenters. The van der Waals surface area contributed by atoms with Crippen LogP contribution in [0.2, 0.25) is 0 Å².